The van der Waals surface area contributed by atoms with Gasteiger partial charge in [0, 0.05) is 3.57 Å². The average Bonchev–Trinajstić information content (AvgIpc) is 2.04. The molecule has 0 atom stereocenters. The van der Waals surface area contributed by atoms with Crippen molar-refractivity contribution in [1.29, 1.82) is 0 Å². The predicted molar refractivity (Wildman–Crippen MR) is 51.6 cm³/mol. The molecule has 1 aromatic rings. The molecule has 0 spiro atoms. The van der Waals surface area contributed by atoms with E-state index >= 15 is 0 Å². The molecule has 5 heteroatoms. The Kier molecular flexibility index (Phi) is 3.27. The monoisotopic (exact) mass is 291 g/mol. The van der Waals surface area contributed by atoms with E-state index in [1.807, 2.05) is 22.6 Å². The summed E-state index contributed by atoms with van der Waals surface area (Å²) in [7, 11) is 0. The summed E-state index contributed by atoms with van der Waals surface area (Å²) in [6.07, 6.45) is 1.06. The van der Waals surface area contributed by atoms with Gasteiger partial charge in [0.2, 0.25) is 6.08 Å². The second-order valence-electron chi connectivity index (χ2n) is 2.13. The Morgan fingerprint density at radius 1 is 1.54 bits per heavy atom. The number of nitrogens with zero attached hydrogens (tertiary/aromatic N) is 1. The van der Waals surface area contributed by atoms with Crippen molar-refractivity contribution in [2.45, 2.75) is 0 Å². The minimum Gasteiger partial charge on any atom is -0.266 e. The van der Waals surface area contributed by atoms with Gasteiger partial charge in [0.1, 0.15) is 5.82 Å². The number of rotatable bonds is 1. The van der Waals surface area contributed by atoms with E-state index in [1.54, 1.807) is 6.07 Å². The lowest BCUT2D eigenvalue weighted by molar-refractivity contribution is 0.0999. The molecule has 3 nitrogen and oxygen atoms in total. The Labute approximate surface area is 86.8 Å². The van der Waals surface area contributed by atoms with Gasteiger partial charge in [0.15, 0.2) is 0 Å². The molecule has 0 unspecified atom stereocenters. The van der Waals surface area contributed by atoms with Gasteiger partial charge in [-0.25, -0.2) is 9.18 Å². The van der Waals surface area contributed by atoms with Crippen molar-refractivity contribution in [3.63, 3.8) is 0 Å². The topological polar surface area (TPSA) is 46.5 Å². The first kappa shape index (κ1) is 10.0. The molecule has 0 aliphatic rings. The van der Waals surface area contributed by atoms with Crippen LogP contribution in [0.5, 0.6) is 0 Å². The van der Waals surface area contributed by atoms with Crippen LogP contribution < -0.4 is 0 Å². The van der Waals surface area contributed by atoms with Crippen LogP contribution in [0.1, 0.15) is 10.4 Å². The molecule has 0 radical (unpaired) electrons. The molecule has 0 aliphatic heterocycles. The molecule has 1 rings (SSSR count). The molecule has 66 valence electrons. The van der Waals surface area contributed by atoms with E-state index in [0.29, 0.717) is 3.57 Å². The Balaban J connectivity index is 3.16. The number of hydrogen-bond donors (Lipinski definition) is 0. The Morgan fingerprint density at radius 3 is 2.77 bits per heavy atom. The van der Waals surface area contributed by atoms with Crippen LogP contribution in [0.15, 0.2) is 23.2 Å². The van der Waals surface area contributed by atoms with Gasteiger partial charge in [-0.15, -0.1) is 4.99 Å². The number of aliphatic imine (C=N–C) groups is 1. The van der Waals surface area contributed by atoms with Crippen molar-refractivity contribution in [2.24, 2.45) is 4.99 Å². The molecule has 0 aromatic heterocycles. The number of isocyanates is 1. The molecule has 0 bridgehead atoms. The summed E-state index contributed by atoms with van der Waals surface area (Å²) in [5.41, 5.74) is -0.219. The molecule has 0 N–H and O–H groups in total. The van der Waals surface area contributed by atoms with Gasteiger partial charge in [-0.1, -0.05) is 0 Å². The lowest BCUT2D eigenvalue weighted by atomic mass is 10.2. The van der Waals surface area contributed by atoms with E-state index in [4.69, 9.17) is 0 Å². The zero-order valence-corrected chi connectivity index (χ0v) is 8.41. The Hall–Kier alpha value is -1.07. The van der Waals surface area contributed by atoms with Crippen LogP contribution in [0.25, 0.3) is 0 Å². The summed E-state index contributed by atoms with van der Waals surface area (Å²) in [5.74, 6) is -1.60. The third-order valence-corrected chi connectivity index (χ3v) is 1.98. The third kappa shape index (κ3) is 2.43. The highest BCUT2D eigenvalue weighted by Crippen LogP contribution is 2.12. The van der Waals surface area contributed by atoms with Gasteiger partial charge < -0.3 is 0 Å². The van der Waals surface area contributed by atoms with Crippen molar-refractivity contribution in [1.82, 2.24) is 0 Å². The van der Waals surface area contributed by atoms with Gasteiger partial charge in [-0.3, -0.25) is 4.79 Å². The number of halogens is 2. The zero-order chi connectivity index (χ0) is 9.84. The van der Waals surface area contributed by atoms with Gasteiger partial charge in [-0.2, -0.15) is 0 Å². The van der Waals surface area contributed by atoms with Crippen LogP contribution in [-0.4, -0.2) is 12.0 Å². The molecular weight excluding hydrogens is 288 g/mol. The Morgan fingerprint density at radius 2 is 2.23 bits per heavy atom. The molecule has 13 heavy (non-hydrogen) atoms. The summed E-state index contributed by atoms with van der Waals surface area (Å²) in [6.45, 7) is 0. The van der Waals surface area contributed by atoms with Crippen molar-refractivity contribution in [2.75, 3.05) is 0 Å². The minimum atomic E-state index is -0.913. The highest BCUT2D eigenvalue weighted by atomic mass is 127. The van der Waals surface area contributed by atoms with Crippen molar-refractivity contribution in [3.8, 4) is 0 Å². The van der Waals surface area contributed by atoms with Gasteiger partial charge in [0.05, 0.1) is 5.56 Å². The van der Waals surface area contributed by atoms with Crippen LogP contribution in [-0.2, 0) is 4.79 Å². The minimum absolute atomic E-state index is 0.219. The molecule has 0 heterocycles. The summed E-state index contributed by atoms with van der Waals surface area (Å²) >= 11 is 1.91. The molecule has 1 aromatic carbocycles. The maximum absolute atomic E-state index is 13.0. The molecular formula is C8H3FINO2. The highest BCUT2D eigenvalue weighted by Gasteiger charge is 2.10. The summed E-state index contributed by atoms with van der Waals surface area (Å²) in [4.78, 5) is 23.4. The highest BCUT2D eigenvalue weighted by molar-refractivity contribution is 14.1. The number of carbonyl (C=O) groups excluding carboxylic acids is 2. The lowest BCUT2D eigenvalue weighted by Gasteiger charge is -1.96. The normalized spacial score (nSPS) is 9.08. The molecule has 0 fully saturated rings. The van der Waals surface area contributed by atoms with Crippen molar-refractivity contribution in [3.05, 3.63) is 33.1 Å². The van der Waals surface area contributed by atoms with Crippen LogP contribution in [0.4, 0.5) is 4.39 Å². The van der Waals surface area contributed by atoms with Crippen LogP contribution in [0.3, 0.4) is 0 Å². The maximum atomic E-state index is 13.0. The van der Waals surface area contributed by atoms with Crippen LogP contribution >= 0.6 is 22.6 Å². The number of hydrogen-bond acceptors (Lipinski definition) is 2. The van der Waals surface area contributed by atoms with Crippen molar-refractivity contribution >= 4 is 34.6 Å². The SMILES string of the molecule is O=C=NC(=O)c1ccc(I)cc1F. The van der Waals surface area contributed by atoms with Gasteiger partial charge in [0.25, 0.3) is 5.91 Å². The fraction of sp³-hybridized carbons (Fsp3) is 0. The predicted octanol–water partition coefficient (Wildman–Crippen LogP) is 1.91. The molecule has 0 aliphatic carbocycles. The molecule has 0 saturated heterocycles. The average molecular weight is 291 g/mol. The fourth-order valence-corrected chi connectivity index (χ4v) is 1.22. The fourth-order valence-electron chi connectivity index (χ4n) is 0.765. The first-order valence-electron chi connectivity index (χ1n) is 3.22. The van der Waals surface area contributed by atoms with Gasteiger partial charge in [-0.05, 0) is 40.8 Å². The number of amides is 1. The number of carbonyl (C=O) groups is 1. The standard InChI is InChI=1S/C8H3FINO2/c9-7-3-5(10)1-2-6(7)8(13)11-4-12/h1-3H. The van der Waals surface area contributed by atoms with Crippen molar-refractivity contribution < 1.29 is 14.0 Å². The first-order valence-corrected chi connectivity index (χ1v) is 4.30. The van der Waals surface area contributed by atoms with Crippen LogP contribution in [0, 0.1) is 9.39 Å². The summed E-state index contributed by atoms with van der Waals surface area (Å²) < 4.78 is 13.7. The van der Waals surface area contributed by atoms with Crippen LogP contribution in [0.2, 0.25) is 0 Å². The second kappa shape index (κ2) is 4.25. The second-order valence-corrected chi connectivity index (χ2v) is 3.38. The smallest absolute Gasteiger partial charge is 0.266 e. The van der Waals surface area contributed by atoms with Gasteiger partial charge >= 0.3 is 0 Å². The maximum Gasteiger partial charge on any atom is 0.290 e. The first-order chi connectivity index (χ1) is 6.15. The third-order valence-electron chi connectivity index (χ3n) is 1.31. The van der Waals surface area contributed by atoms with E-state index < -0.39 is 11.7 Å². The van der Waals surface area contributed by atoms with E-state index in [2.05, 4.69) is 4.99 Å². The Bertz CT molecular complexity index is 399. The van der Waals surface area contributed by atoms with E-state index in [9.17, 15) is 14.0 Å². The van der Waals surface area contributed by atoms with E-state index in [0.717, 1.165) is 6.08 Å². The quantitative estimate of drug-likeness (QED) is 0.451. The lowest BCUT2D eigenvalue weighted by Crippen LogP contribution is -1.98. The zero-order valence-electron chi connectivity index (χ0n) is 6.25. The van der Waals surface area contributed by atoms with E-state index in [-0.39, 0.29) is 5.56 Å². The number of benzene rings is 1. The summed E-state index contributed by atoms with van der Waals surface area (Å²) in [6, 6.07) is 4.02. The molecule has 0 saturated carbocycles. The summed E-state index contributed by atoms with van der Waals surface area (Å²) in [5, 5.41) is 0. The molecule has 1 amide bonds. The largest absolute Gasteiger partial charge is 0.290 e. The van der Waals surface area contributed by atoms with E-state index in [1.165, 1.54) is 12.1 Å².